The number of nitrogens with zero attached hydrogens (tertiary/aromatic N) is 1. The molecule has 2 atom stereocenters. The number of H-pyrrole nitrogens is 1. The molecule has 1 saturated carbocycles. The van der Waals surface area contributed by atoms with E-state index in [9.17, 15) is 14.7 Å². The van der Waals surface area contributed by atoms with E-state index in [-0.39, 0.29) is 17.6 Å². The van der Waals surface area contributed by atoms with Crippen molar-refractivity contribution < 1.29 is 5.11 Å². The van der Waals surface area contributed by atoms with E-state index in [1.54, 1.807) is 0 Å². The molecular weight excluding hydrogens is 236 g/mol. The predicted octanol–water partition coefficient (Wildman–Crippen LogP) is -0.771. The first kappa shape index (κ1) is 12.7. The molecule has 1 aromatic rings. The average molecular weight is 254 g/mol. The summed E-state index contributed by atoms with van der Waals surface area (Å²) in [5, 5.41) is 12.4. The fraction of sp³-hybridized carbons (Fsp3) is 0.636. The summed E-state index contributed by atoms with van der Waals surface area (Å²) < 4.78 is 1.19. The summed E-state index contributed by atoms with van der Waals surface area (Å²) >= 11 is 0. The van der Waals surface area contributed by atoms with Crippen LogP contribution in [-0.2, 0) is 7.05 Å². The Hall–Kier alpha value is -1.76. The Labute approximate surface area is 104 Å². The van der Waals surface area contributed by atoms with Crippen LogP contribution in [0, 0.1) is 5.92 Å². The summed E-state index contributed by atoms with van der Waals surface area (Å²) in [4.78, 5) is 25.1. The highest BCUT2D eigenvalue weighted by atomic mass is 16.3. The summed E-state index contributed by atoms with van der Waals surface area (Å²) in [7, 11) is 1.50. The number of nitrogens with two attached hydrogens (primary N) is 1. The molecule has 0 aliphatic heterocycles. The largest absolute Gasteiger partial charge is 0.393 e. The molecule has 1 heterocycles. The quantitative estimate of drug-likeness (QED) is 0.565. The van der Waals surface area contributed by atoms with Crippen LogP contribution in [0.3, 0.4) is 0 Å². The Morgan fingerprint density at radius 1 is 1.50 bits per heavy atom. The van der Waals surface area contributed by atoms with E-state index in [4.69, 9.17) is 5.73 Å². The molecule has 1 aromatic heterocycles. The molecule has 5 N–H and O–H groups in total. The molecule has 100 valence electrons. The fourth-order valence-corrected chi connectivity index (χ4v) is 2.29. The van der Waals surface area contributed by atoms with Crippen molar-refractivity contribution in [1.82, 2.24) is 9.55 Å². The number of aliphatic hydroxyl groups is 1. The maximum Gasteiger partial charge on any atom is 0.329 e. The van der Waals surface area contributed by atoms with Gasteiger partial charge in [-0.15, -0.1) is 0 Å². The first-order valence-corrected chi connectivity index (χ1v) is 5.99. The predicted molar refractivity (Wildman–Crippen MR) is 68.6 cm³/mol. The molecule has 7 nitrogen and oxygen atoms in total. The fourth-order valence-electron chi connectivity index (χ4n) is 2.29. The van der Waals surface area contributed by atoms with Crippen molar-refractivity contribution in [2.24, 2.45) is 13.0 Å². The molecule has 7 heteroatoms. The number of hydrogen-bond donors (Lipinski definition) is 4. The molecule has 0 amide bonds. The van der Waals surface area contributed by atoms with Gasteiger partial charge < -0.3 is 16.2 Å². The highest BCUT2D eigenvalue weighted by Gasteiger charge is 2.23. The van der Waals surface area contributed by atoms with E-state index >= 15 is 0 Å². The molecule has 1 fully saturated rings. The summed E-state index contributed by atoms with van der Waals surface area (Å²) in [6, 6.07) is 0. The van der Waals surface area contributed by atoms with E-state index in [2.05, 4.69) is 10.3 Å². The molecule has 2 rings (SSSR count). The number of nitrogens with one attached hydrogen (secondary N) is 2. The summed E-state index contributed by atoms with van der Waals surface area (Å²) in [6.07, 6.45) is 2.22. The standard InChI is InChI=1S/C11H18N4O3/c1-15-9(12)8(10(17)14-11(15)18)13-5-6-2-3-7(16)4-6/h6-7,13,16H,2-5,12H2,1H3,(H,14,17,18). The minimum Gasteiger partial charge on any atom is -0.393 e. The topological polar surface area (TPSA) is 113 Å². The van der Waals surface area contributed by atoms with Gasteiger partial charge in [-0.2, -0.15) is 0 Å². The zero-order valence-electron chi connectivity index (χ0n) is 10.3. The van der Waals surface area contributed by atoms with Gasteiger partial charge in [-0.05, 0) is 25.2 Å². The van der Waals surface area contributed by atoms with Crippen molar-refractivity contribution in [2.75, 3.05) is 17.6 Å². The van der Waals surface area contributed by atoms with Crippen molar-refractivity contribution in [3.8, 4) is 0 Å². The van der Waals surface area contributed by atoms with Gasteiger partial charge in [-0.3, -0.25) is 14.3 Å². The maximum absolute atomic E-state index is 11.6. The van der Waals surface area contributed by atoms with Gasteiger partial charge in [0.05, 0.1) is 6.10 Å². The summed E-state index contributed by atoms with van der Waals surface area (Å²) in [5.74, 6) is 0.457. The third-order valence-corrected chi connectivity index (χ3v) is 3.45. The molecule has 0 saturated heterocycles. The highest BCUT2D eigenvalue weighted by molar-refractivity contribution is 5.60. The van der Waals surface area contributed by atoms with Crippen LogP contribution in [0.5, 0.6) is 0 Å². The van der Waals surface area contributed by atoms with Crippen molar-refractivity contribution in [2.45, 2.75) is 25.4 Å². The lowest BCUT2D eigenvalue weighted by molar-refractivity contribution is 0.178. The van der Waals surface area contributed by atoms with E-state index in [0.29, 0.717) is 12.5 Å². The molecule has 0 radical (unpaired) electrons. The molecule has 2 unspecified atom stereocenters. The first-order valence-electron chi connectivity index (χ1n) is 5.99. The minimum atomic E-state index is -0.528. The van der Waals surface area contributed by atoms with Gasteiger partial charge in [0.25, 0.3) is 5.56 Å². The van der Waals surface area contributed by atoms with Crippen LogP contribution in [0.4, 0.5) is 11.5 Å². The molecule has 1 aliphatic carbocycles. The zero-order chi connectivity index (χ0) is 13.3. The Morgan fingerprint density at radius 2 is 2.22 bits per heavy atom. The lowest BCUT2D eigenvalue weighted by Gasteiger charge is -2.14. The van der Waals surface area contributed by atoms with E-state index in [1.807, 2.05) is 0 Å². The smallest absolute Gasteiger partial charge is 0.329 e. The Balaban J connectivity index is 2.12. The number of aliphatic hydroxyl groups excluding tert-OH is 1. The van der Waals surface area contributed by atoms with Crippen molar-refractivity contribution in [3.63, 3.8) is 0 Å². The second-order valence-electron chi connectivity index (χ2n) is 4.79. The van der Waals surface area contributed by atoms with Gasteiger partial charge in [0.15, 0.2) is 0 Å². The number of aromatic amines is 1. The second kappa shape index (κ2) is 4.85. The third kappa shape index (κ3) is 2.40. The van der Waals surface area contributed by atoms with Crippen LogP contribution >= 0.6 is 0 Å². The van der Waals surface area contributed by atoms with Crippen LogP contribution in [0.2, 0.25) is 0 Å². The van der Waals surface area contributed by atoms with Crippen LogP contribution in [0.25, 0.3) is 0 Å². The molecule has 18 heavy (non-hydrogen) atoms. The van der Waals surface area contributed by atoms with E-state index < -0.39 is 11.2 Å². The van der Waals surface area contributed by atoms with Gasteiger partial charge in [0.1, 0.15) is 11.5 Å². The van der Waals surface area contributed by atoms with Gasteiger partial charge >= 0.3 is 5.69 Å². The first-order chi connectivity index (χ1) is 8.49. The Kier molecular flexibility index (Phi) is 3.42. The maximum atomic E-state index is 11.6. The van der Waals surface area contributed by atoms with E-state index in [1.165, 1.54) is 11.6 Å². The molecule has 0 aromatic carbocycles. The average Bonchev–Trinajstić information content (AvgIpc) is 2.72. The number of rotatable bonds is 3. The monoisotopic (exact) mass is 254 g/mol. The normalized spacial score (nSPS) is 23.2. The summed E-state index contributed by atoms with van der Waals surface area (Å²) in [6.45, 7) is 0.572. The minimum absolute atomic E-state index is 0.127. The van der Waals surface area contributed by atoms with Crippen LogP contribution in [-0.4, -0.2) is 27.3 Å². The van der Waals surface area contributed by atoms with Crippen LogP contribution in [0.1, 0.15) is 19.3 Å². The van der Waals surface area contributed by atoms with E-state index in [0.717, 1.165) is 19.3 Å². The molecular formula is C11H18N4O3. The number of hydrogen-bond acceptors (Lipinski definition) is 5. The van der Waals surface area contributed by atoms with Crippen molar-refractivity contribution >= 4 is 11.5 Å². The molecule has 0 bridgehead atoms. The van der Waals surface area contributed by atoms with Gasteiger partial charge in [0, 0.05) is 13.6 Å². The van der Waals surface area contributed by atoms with Gasteiger partial charge in [-0.1, -0.05) is 0 Å². The van der Waals surface area contributed by atoms with Crippen molar-refractivity contribution in [1.29, 1.82) is 0 Å². The number of anilines is 2. The number of aromatic nitrogens is 2. The summed E-state index contributed by atoms with van der Waals surface area (Å²) in [5.41, 5.74) is 4.91. The lowest BCUT2D eigenvalue weighted by atomic mass is 10.1. The van der Waals surface area contributed by atoms with Crippen molar-refractivity contribution in [3.05, 3.63) is 20.8 Å². The Bertz CT molecular complexity index is 548. The number of nitrogen functional groups attached to an aromatic ring is 1. The highest BCUT2D eigenvalue weighted by Crippen LogP contribution is 2.25. The Morgan fingerprint density at radius 3 is 2.83 bits per heavy atom. The van der Waals surface area contributed by atoms with Crippen LogP contribution < -0.4 is 22.3 Å². The molecule has 0 spiro atoms. The van der Waals surface area contributed by atoms with Gasteiger partial charge in [-0.25, -0.2) is 4.79 Å². The lowest BCUT2D eigenvalue weighted by Crippen LogP contribution is -2.33. The van der Waals surface area contributed by atoms with Crippen LogP contribution in [0.15, 0.2) is 9.59 Å². The zero-order valence-corrected chi connectivity index (χ0v) is 10.3. The third-order valence-electron chi connectivity index (χ3n) is 3.45. The van der Waals surface area contributed by atoms with Gasteiger partial charge in [0.2, 0.25) is 0 Å². The SMILES string of the molecule is Cn1c(N)c(NCC2CCC(O)C2)c(=O)[nH]c1=O. The second-order valence-corrected chi connectivity index (χ2v) is 4.79. The molecule has 1 aliphatic rings.